The molecule has 0 aliphatic rings. The predicted molar refractivity (Wildman–Crippen MR) is 57.5 cm³/mol. The number of ether oxygens (including phenoxy) is 2. The second-order valence-corrected chi connectivity index (χ2v) is 2.96. The Morgan fingerprint density at radius 2 is 2.00 bits per heavy atom. The molecule has 1 aromatic carbocycles. The number of primary amides is 1. The quantitative estimate of drug-likeness (QED) is 0.794. The normalized spacial score (nSPS) is 9.53. The van der Waals surface area contributed by atoms with Crippen LogP contribution in [0.25, 0.3) is 0 Å². The first-order chi connectivity index (χ1) is 7.10. The van der Waals surface area contributed by atoms with Gasteiger partial charge in [0, 0.05) is 5.56 Å². The van der Waals surface area contributed by atoms with E-state index in [1.165, 1.54) is 7.11 Å². The summed E-state index contributed by atoms with van der Waals surface area (Å²) in [5.74, 6) is 1.25. The Morgan fingerprint density at radius 1 is 1.33 bits per heavy atom. The number of anilines is 1. The van der Waals surface area contributed by atoms with E-state index in [1.807, 2.05) is 6.92 Å². The van der Waals surface area contributed by atoms with Gasteiger partial charge in [0.05, 0.1) is 19.9 Å². The summed E-state index contributed by atoms with van der Waals surface area (Å²) >= 11 is 0. The maximum absolute atomic E-state index is 10.7. The third-order valence-corrected chi connectivity index (χ3v) is 2.04. The molecule has 0 bridgehead atoms. The van der Waals surface area contributed by atoms with Crippen LogP contribution in [-0.2, 0) is 0 Å². The molecule has 0 saturated carbocycles. The summed E-state index contributed by atoms with van der Waals surface area (Å²) in [5, 5.41) is 2.47. The van der Waals surface area contributed by atoms with Crippen molar-refractivity contribution in [3.63, 3.8) is 0 Å². The molecule has 1 rings (SSSR count). The molecular formula is C10H14N2O3. The van der Waals surface area contributed by atoms with Gasteiger partial charge in [-0.05, 0) is 19.1 Å². The van der Waals surface area contributed by atoms with Gasteiger partial charge in [0.2, 0.25) is 0 Å². The third kappa shape index (κ3) is 2.31. The molecule has 0 aromatic heterocycles. The lowest BCUT2D eigenvalue weighted by Gasteiger charge is -2.14. The highest BCUT2D eigenvalue weighted by atomic mass is 16.5. The van der Waals surface area contributed by atoms with Crippen molar-refractivity contribution in [2.45, 2.75) is 6.92 Å². The summed E-state index contributed by atoms with van der Waals surface area (Å²) in [6.45, 7) is 1.84. The molecule has 0 spiro atoms. The van der Waals surface area contributed by atoms with Crippen LogP contribution in [0.2, 0.25) is 0 Å². The lowest BCUT2D eigenvalue weighted by Crippen LogP contribution is -2.19. The molecule has 15 heavy (non-hydrogen) atoms. The average Bonchev–Trinajstić information content (AvgIpc) is 2.18. The van der Waals surface area contributed by atoms with Crippen molar-refractivity contribution in [3.8, 4) is 11.5 Å². The number of hydrogen-bond acceptors (Lipinski definition) is 3. The number of benzene rings is 1. The molecule has 5 heteroatoms. The zero-order valence-electron chi connectivity index (χ0n) is 8.96. The third-order valence-electron chi connectivity index (χ3n) is 2.04. The van der Waals surface area contributed by atoms with Crippen LogP contribution in [-0.4, -0.2) is 20.3 Å². The summed E-state index contributed by atoms with van der Waals surface area (Å²) < 4.78 is 10.3. The van der Waals surface area contributed by atoms with E-state index in [4.69, 9.17) is 15.2 Å². The molecule has 0 aliphatic heterocycles. The lowest BCUT2D eigenvalue weighted by atomic mass is 10.1. The highest BCUT2D eigenvalue weighted by Crippen LogP contribution is 2.34. The van der Waals surface area contributed by atoms with E-state index in [1.54, 1.807) is 19.2 Å². The first-order valence-corrected chi connectivity index (χ1v) is 4.38. The Labute approximate surface area is 88.2 Å². The second kappa shape index (κ2) is 4.54. The molecule has 0 unspecified atom stereocenters. The molecule has 2 amide bonds. The number of methoxy groups -OCH3 is 2. The number of urea groups is 1. The fraction of sp³-hybridized carbons (Fsp3) is 0.300. The number of hydrogen-bond donors (Lipinski definition) is 2. The highest BCUT2D eigenvalue weighted by molar-refractivity contribution is 5.90. The summed E-state index contributed by atoms with van der Waals surface area (Å²) in [6.07, 6.45) is 0. The van der Waals surface area contributed by atoms with E-state index in [0.717, 1.165) is 5.56 Å². The predicted octanol–water partition coefficient (Wildman–Crippen LogP) is 1.50. The molecule has 0 fully saturated rings. The molecular weight excluding hydrogens is 196 g/mol. The van der Waals surface area contributed by atoms with Gasteiger partial charge in [-0.25, -0.2) is 4.79 Å². The van der Waals surface area contributed by atoms with Crippen molar-refractivity contribution >= 4 is 11.7 Å². The first-order valence-electron chi connectivity index (χ1n) is 4.38. The van der Waals surface area contributed by atoms with Crippen molar-refractivity contribution in [1.29, 1.82) is 0 Å². The van der Waals surface area contributed by atoms with Gasteiger partial charge in [0.1, 0.15) is 11.5 Å². The molecule has 82 valence electrons. The van der Waals surface area contributed by atoms with Crippen LogP contribution in [0, 0.1) is 6.92 Å². The SMILES string of the molecule is COc1ccc(NC(N)=O)c(OC)c1C. The van der Waals surface area contributed by atoms with Gasteiger partial charge in [-0.1, -0.05) is 0 Å². The second-order valence-electron chi connectivity index (χ2n) is 2.96. The van der Waals surface area contributed by atoms with Crippen LogP contribution in [0.1, 0.15) is 5.56 Å². The Kier molecular flexibility index (Phi) is 3.38. The number of amides is 2. The van der Waals surface area contributed by atoms with E-state index < -0.39 is 6.03 Å². The van der Waals surface area contributed by atoms with Gasteiger partial charge in [0.25, 0.3) is 0 Å². The molecule has 0 aliphatic carbocycles. The van der Waals surface area contributed by atoms with Crippen molar-refractivity contribution in [2.75, 3.05) is 19.5 Å². The van der Waals surface area contributed by atoms with Crippen LogP contribution in [0.5, 0.6) is 11.5 Å². The maximum atomic E-state index is 10.7. The summed E-state index contributed by atoms with van der Waals surface area (Å²) in [6, 6.07) is 2.79. The largest absolute Gasteiger partial charge is 0.496 e. The van der Waals surface area contributed by atoms with E-state index in [2.05, 4.69) is 5.32 Å². The van der Waals surface area contributed by atoms with Crippen molar-refractivity contribution < 1.29 is 14.3 Å². The number of carbonyl (C=O) groups is 1. The molecule has 1 aromatic rings. The maximum Gasteiger partial charge on any atom is 0.316 e. The van der Waals surface area contributed by atoms with Gasteiger partial charge in [0.15, 0.2) is 0 Å². The number of rotatable bonds is 3. The standard InChI is InChI=1S/C10H14N2O3/c1-6-8(14-2)5-4-7(9(6)15-3)12-10(11)13/h4-5H,1-3H3,(H3,11,12,13). The summed E-state index contributed by atoms with van der Waals surface area (Å²) in [5.41, 5.74) is 6.37. The number of nitrogens with two attached hydrogens (primary N) is 1. The van der Waals surface area contributed by atoms with Crippen LogP contribution >= 0.6 is 0 Å². The van der Waals surface area contributed by atoms with Crippen LogP contribution in [0.15, 0.2) is 12.1 Å². The van der Waals surface area contributed by atoms with Crippen LogP contribution in [0.4, 0.5) is 10.5 Å². The van der Waals surface area contributed by atoms with E-state index in [-0.39, 0.29) is 0 Å². The minimum Gasteiger partial charge on any atom is -0.496 e. The Bertz CT molecular complexity index is 377. The van der Waals surface area contributed by atoms with Gasteiger partial charge in [-0.3, -0.25) is 0 Å². The zero-order valence-corrected chi connectivity index (χ0v) is 8.96. The summed E-state index contributed by atoms with van der Waals surface area (Å²) in [4.78, 5) is 10.7. The van der Waals surface area contributed by atoms with Crippen LogP contribution < -0.4 is 20.5 Å². The highest BCUT2D eigenvalue weighted by Gasteiger charge is 2.11. The summed E-state index contributed by atoms with van der Waals surface area (Å²) in [7, 11) is 3.09. The van der Waals surface area contributed by atoms with E-state index in [0.29, 0.717) is 17.2 Å². The van der Waals surface area contributed by atoms with Crippen molar-refractivity contribution in [1.82, 2.24) is 0 Å². The molecule has 0 saturated heterocycles. The number of carbonyl (C=O) groups excluding carboxylic acids is 1. The van der Waals surface area contributed by atoms with Gasteiger partial charge >= 0.3 is 6.03 Å². The Balaban J connectivity index is 3.18. The van der Waals surface area contributed by atoms with E-state index in [9.17, 15) is 4.79 Å². The van der Waals surface area contributed by atoms with Crippen molar-refractivity contribution in [3.05, 3.63) is 17.7 Å². The lowest BCUT2D eigenvalue weighted by molar-refractivity contribution is 0.259. The molecule has 0 radical (unpaired) electrons. The molecule has 0 atom stereocenters. The first kappa shape index (κ1) is 11.2. The monoisotopic (exact) mass is 210 g/mol. The molecule has 0 heterocycles. The number of nitrogens with one attached hydrogen (secondary N) is 1. The van der Waals surface area contributed by atoms with Gasteiger partial charge in [-0.2, -0.15) is 0 Å². The minimum atomic E-state index is -0.627. The Morgan fingerprint density at radius 3 is 2.47 bits per heavy atom. The van der Waals surface area contributed by atoms with Gasteiger partial charge in [-0.15, -0.1) is 0 Å². The van der Waals surface area contributed by atoms with Gasteiger partial charge < -0.3 is 20.5 Å². The Hall–Kier alpha value is -1.91. The van der Waals surface area contributed by atoms with E-state index >= 15 is 0 Å². The average molecular weight is 210 g/mol. The zero-order chi connectivity index (χ0) is 11.4. The molecule has 5 nitrogen and oxygen atoms in total. The topological polar surface area (TPSA) is 73.6 Å². The molecule has 3 N–H and O–H groups in total. The fourth-order valence-electron chi connectivity index (χ4n) is 1.39. The smallest absolute Gasteiger partial charge is 0.316 e. The minimum absolute atomic E-state index is 0.531. The fourth-order valence-corrected chi connectivity index (χ4v) is 1.39. The van der Waals surface area contributed by atoms with Crippen molar-refractivity contribution in [2.24, 2.45) is 5.73 Å². The van der Waals surface area contributed by atoms with Crippen LogP contribution in [0.3, 0.4) is 0 Å².